The Morgan fingerprint density at radius 3 is 2.63 bits per heavy atom. The lowest BCUT2D eigenvalue weighted by atomic mass is 10.0. The van der Waals surface area contributed by atoms with Crippen LogP contribution in [0.4, 0.5) is 5.82 Å². The first-order chi connectivity index (χ1) is 9.28. The molecular formula is C17H24N2. The molecule has 0 saturated heterocycles. The zero-order valence-corrected chi connectivity index (χ0v) is 12.3. The highest BCUT2D eigenvalue weighted by Gasteiger charge is 2.05. The third kappa shape index (κ3) is 3.25. The Labute approximate surface area is 116 Å². The number of aromatic nitrogens is 1. The highest BCUT2D eigenvalue weighted by Crippen LogP contribution is 2.22. The molecule has 1 aromatic heterocycles. The number of rotatable bonds is 6. The smallest absolute Gasteiger partial charge is 0.129 e. The average Bonchev–Trinajstić information content (AvgIpc) is 2.44. The molecule has 1 N–H and O–H groups in total. The van der Waals surface area contributed by atoms with Crippen LogP contribution in [-0.2, 0) is 12.8 Å². The quantitative estimate of drug-likeness (QED) is 0.818. The summed E-state index contributed by atoms with van der Waals surface area (Å²) >= 11 is 0. The molecule has 2 rings (SSSR count). The van der Waals surface area contributed by atoms with Crippen LogP contribution in [0.2, 0.25) is 0 Å². The van der Waals surface area contributed by atoms with Gasteiger partial charge in [0.1, 0.15) is 5.82 Å². The summed E-state index contributed by atoms with van der Waals surface area (Å²) in [6.07, 6.45) is 4.69. The summed E-state index contributed by atoms with van der Waals surface area (Å²) in [4.78, 5) is 4.75. The van der Waals surface area contributed by atoms with E-state index in [9.17, 15) is 0 Å². The van der Waals surface area contributed by atoms with Crippen LogP contribution >= 0.6 is 0 Å². The molecule has 0 aliphatic carbocycles. The second-order valence-electron chi connectivity index (χ2n) is 5.01. The molecule has 0 amide bonds. The van der Waals surface area contributed by atoms with Gasteiger partial charge in [0.25, 0.3) is 0 Å². The molecule has 0 radical (unpaired) electrons. The molecule has 2 aromatic rings. The van der Waals surface area contributed by atoms with Gasteiger partial charge in [-0.05, 0) is 55.5 Å². The van der Waals surface area contributed by atoms with Gasteiger partial charge in [0, 0.05) is 11.9 Å². The van der Waals surface area contributed by atoms with Crippen molar-refractivity contribution in [2.45, 2.75) is 46.5 Å². The lowest BCUT2D eigenvalue weighted by Gasteiger charge is -2.11. The molecular weight excluding hydrogens is 232 g/mol. The lowest BCUT2D eigenvalue weighted by molar-refractivity contribution is 0.796. The fraction of sp³-hybridized carbons (Fsp3) is 0.471. The van der Waals surface area contributed by atoms with Crippen molar-refractivity contribution < 1.29 is 0 Å². The van der Waals surface area contributed by atoms with Crippen molar-refractivity contribution in [2.24, 2.45) is 0 Å². The Hall–Kier alpha value is -1.57. The van der Waals surface area contributed by atoms with E-state index in [2.05, 4.69) is 50.4 Å². The third-order valence-electron chi connectivity index (χ3n) is 3.50. The van der Waals surface area contributed by atoms with Gasteiger partial charge in [-0.15, -0.1) is 0 Å². The highest BCUT2D eigenvalue weighted by atomic mass is 15.0. The van der Waals surface area contributed by atoms with Gasteiger partial charge in [-0.1, -0.05) is 26.3 Å². The Kier molecular flexibility index (Phi) is 4.78. The van der Waals surface area contributed by atoms with Crippen LogP contribution in [0.25, 0.3) is 10.9 Å². The third-order valence-corrected chi connectivity index (χ3v) is 3.50. The van der Waals surface area contributed by atoms with Gasteiger partial charge in [-0.2, -0.15) is 0 Å². The SMILES string of the molecule is CCCCc1ccc2nc(NCC)c(CC)cc2c1. The predicted octanol–water partition coefficient (Wildman–Crippen LogP) is 4.57. The maximum atomic E-state index is 4.75. The molecule has 102 valence electrons. The first-order valence-corrected chi connectivity index (χ1v) is 7.44. The molecule has 0 unspecified atom stereocenters. The second-order valence-corrected chi connectivity index (χ2v) is 5.01. The van der Waals surface area contributed by atoms with E-state index in [0.29, 0.717) is 0 Å². The molecule has 0 saturated carbocycles. The number of pyridine rings is 1. The van der Waals surface area contributed by atoms with E-state index >= 15 is 0 Å². The number of hydrogen-bond donors (Lipinski definition) is 1. The first kappa shape index (κ1) is 13.9. The molecule has 1 aromatic carbocycles. The minimum absolute atomic E-state index is 0.917. The normalized spacial score (nSPS) is 10.9. The molecule has 0 bridgehead atoms. The largest absolute Gasteiger partial charge is 0.370 e. The Morgan fingerprint density at radius 2 is 1.95 bits per heavy atom. The van der Waals surface area contributed by atoms with E-state index in [4.69, 9.17) is 4.98 Å². The molecule has 1 heterocycles. The average molecular weight is 256 g/mol. The van der Waals surface area contributed by atoms with Crippen LogP contribution in [0.5, 0.6) is 0 Å². The molecule has 0 aliphatic rings. The second kappa shape index (κ2) is 6.55. The van der Waals surface area contributed by atoms with E-state index in [1.165, 1.54) is 35.8 Å². The number of nitrogens with one attached hydrogen (secondary N) is 1. The van der Waals surface area contributed by atoms with E-state index in [0.717, 1.165) is 24.3 Å². The molecule has 0 atom stereocenters. The zero-order valence-electron chi connectivity index (χ0n) is 12.3. The molecule has 2 nitrogen and oxygen atoms in total. The fourth-order valence-electron chi connectivity index (χ4n) is 2.40. The standard InChI is InChI=1S/C17H24N2/c1-4-7-8-13-9-10-16-15(11-13)12-14(5-2)17(19-16)18-6-3/h9-12H,4-8H2,1-3H3,(H,18,19). The van der Waals surface area contributed by atoms with Crippen LogP contribution in [0.1, 0.15) is 44.7 Å². The molecule has 0 aliphatic heterocycles. The minimum atomic E-state index is 0.917. The molecule has 0 spiro atoms. The van der Waals surface area contributed by atoms with Crippen molar-refractivity contribution in [1.29, 1.82) is 0 Å². The van der Waals surface area contributed by atoms with Gasteiger partial charge in [0.05, 0.1) is 5.52 Å². The van der Waals surface area contributed by atoms with Gasteiger partial charge < -0.3 is 5.32 Å². The number of benzene rings is 1. The van der Waals surface area contributed by atoms with Gasteiger partial charge in [0.15, 0.2) is 0 Å². The minimum Gasteiger partial charge on any atom is -0.370 e. The summed E-state index contributed by atoms with van der Waals surface area (Å²) in [5, 5.41) is 4.63. The summed E-state index contributed by atoms with van der Waals surface area (Å²) < 4.78 is 0. The summed E-state index contributed by atoms with van der Waals surface area (Å²) in [6, 6.07) is 8.95. The Bertz CT molecular complexity index is 546. The van der Waals surface area contributed by atoms with Crippen molar-refractivity contribution in [3.63, 3.8) is 0 Å². The van der Waals surface area contributed by atoms with Crippen molar-refractivity contribution in [3.05, 3.63) is 35.4 Å². The van der Waals surface area contributed by atoms with Crippen molar-refractivity contribution in [3.8, 4) is 0 Å². The van der Waals surface area contributed by atoms with Crippen molar-refractivity contribution >= 4 is 16.7 Å². The molecule has 0 fully saturated rings. The number of aryl methyl sites for hydroxylation is 2. The lowest BCUT2D eigenvalue weighted by Crippen LogP contribution is -2.03. The maximum absolute atomic E-state index is 4.75. The van der Waals surface area contributed by atoms with E-state index in [1.54, 1.807) is 0 Å². The van der Waals surface area contributed by atoms with Gasteiger partial charge >= 0.3 is 0 Å². The van der Waals surface area contributed by atoms with Crippen LogP contribution < -0.4 is 5.32 Å². The molecule has 19 heavy (non-hydrogen) atoms. The van der Waals surface area contributed by atoms with Crippen molar-refractivity contribution in [1.82, 2.24) is 4.98 Å². The zero-order chi connectivity index (χ0) is 13.7. The van der Waals surface area contributed by atoms with Gasteiger partial charge in [-0.25, -0.2) is 4.98 Å². The number of hydrogen-bond acceptors (Lipinski definition) is 2. The van der Waals surface area contributed by atoms with Crippen LogP contribution in [0.3, 0.4) is 0 Å². The topological polar surface area (TPSA) is 24.9 Å². The first-order valence-electron chi connectivity index (χ1n) is 7.44. The number of nitrogens with zero attached hydrogens (tertiary/aromatic N) is 1. The van der Waals surface area contributed by atoms with Crippen LogP contribution in [0, 0.1) is 0 Å². The van der Waals surface area contributed by atoms with E-state index in [-0.39, 0.29) is 0 Å². The summed E-state index contributed by atoms with van der Waals surface area (Å²) in [7, 11) is 0. The van der Waals surface area contributed by atoms with Gasteiger partial charge in [0.2, 0.25) is 0 Å². The fourth-order valence-corrected chi connectivity index (χ4v) is 2.40. The van der Waals surface area contributed by atoms with Gasteiger partial charge in [-0.3, -0.25) is 0 Å². The summed E-state index contributed by atoms with van der Waals surface area (Å²) in [5.41, 5.74) is 3.82. The molecule has 2 heteroatoms. The van der Waals surface area contributed by atoms with Crippen molar-refractivity contribution in [2.75, 3.05) is 11.9 Å². The van der Waals surface area contributed by atoms with Crippen LogP contribution in [-0.4, -0.2) is 11.5 Å². The van der Waals surface area contributed by atoms with E-state index < -0.39 is 0 Å². The monoisotopic (exact) mass is 256 g/mol. The summed E-state index contributed by atoms with van der Waals surface area (Å²) in [5.74, 6) is 1.04. The van der Waals surface area contributed by atoms with Crippen LogP contribution in [0.15, 0.2) is 24.3 Å². The summed E-state index contributed by atoms with van der Waals surface area (Å²) in [6.45, 7) is 7.45. The predicted molar refractivity (Wildman–Crippen MR) is 83.9 cm³/mol. The number of fused-ring (bicyclic) bond motifs is 1. The maximum Gasteiger partial charge on any atom is 0.129 e. The Morgan fingerprint density at radius 1 is 1.11 bits per heavy atom. The highest BCUT2D eigenvalue weighted by molar-refractivity contribution is 5.82. The Balaban J connectivity index is 2.39. The number of unbranched alkanes of at least 4 members (excludes halogenated alkanes) is 1. The number of anilines is 1. The van der Waals surface area contributed by atoms with E-state index in [1.807, 2.05) is 0 Å².